The van der Waals surface area contributed by atoms with Gasteiger partial charge in [-0.3, -0.25) is 4.79 Å². The fraction of sp³-hybridized carbons (Fsp3) is 0.333. The molecule has 0 saturated carbocycles. The maximum atomic E-state index is 11.4. The Morgan fingerprint density at radius 2 is 2.27 bits per heavy atom. The smallest absolute Gasteiger partial charge is 0.338 e. The first-order valence-corrected chi connectivity index (χ1v) is 4.93. The van der Waals surface area contributed by atoms with Crippen molar-refractivity contribution in [2.75, 3.05) is 6.61 Å². The standard InChI is InChI=1S/C12H13O3/c1-2-3-7-15-12(14)11-6-4-5-10(8-11)9-13/h4-6,8H,2-3,7H2,1H3. The van der Waals surface area contributed by atoms with Gasteiger partial charge in [0.25, 0.3) is 0 Å². The van der Waals surface area contributed by atoms with E-state index in [1.807, 2.05) is 6.92 Å². The van der Waals surface area contributed by atoms with E-state index in [0.717, 1.165) is 12.8 Å². The van der Waals surface area contributed by atoms with Crippen LogP contribution in [0.15, 0.2) is 24.3 Å². The molecule has 0 fully saturated rings. The third kappa shape index (κ3) is 3.54. The molecule has 79 valence electrons. The van der Waals surface area contributed by atoms with Crippen LogP contribution in [0.1, 0.15) is 35.7 Å². The molecule has 1 aromatic rings. The molecule has 0 heterocycles. The van der Waals surface area contributed by atoms with Crippen LogP contribution >= 0.6 is 0 Å². The van der Waals surface area contributed by atoms with Gasteiger partial charge in [-0.25, -0.2) is 4.79 Å². The Balaban J connectivity index is 2.61. The maximum Gasteiger partial charge on any atom is 0.338 e. The van der Waals surface area contributed by atoms with Gasteiger partial charge in [0.05, 0.1) is 12.2 Å². The summed E-state index contributed by atoms with van der Waals surface area (Å²) in [5.41, 5.74) is 0.756. The van der Waals surface area contributed by atoms with E-state index in [-0.39, 0.29) is 5.97 Å². The summed E-state index contributed by atoms with van der Waals surface area (Å²) in [4.78, 5) is 21.8. The number of benzene rings is 1. The zero-order valence-electron chi connectivity index (χ0n) is 8.66. The van der Waals surface area contributed by atoms with Gasteiger partial charge in [0.2, 0.25) is 6.29 Å². The lowest BCUT2D eigenvalue weighted by atomic mass is 10.1. The molecule has 0 spiro atoms. The number of ether oxygens (including phenoxy) is 1. The van der Waals surface area contributed by atoms with E-state index in [2.05, 4.69) is 0 Å². The average Bonchev–Trinajstić information content (AvgIpc) is 2.29. The normalized spacial score (nSPS) is 9.67. The van der Waals surface area contributed by atoms with Crippen LogP contribution in [0.3, 0.4) is 0 Å². The van der Waals surface area contributed by atoms with Gasteiger partial charge < -0.3 is 4.74 Å². The summed E-state index contributed by atoms with van der Waals surface area (Å²) in [7, 11) is 0. The number of carbonyl (C=O) groups is 1. The molecule has 1 radical (unpaired) electrons. The minimum atomic E-state index is -0.388. The summed E-state index contributed by atoms with van der Waals surface area (Å²) in [6.07, 6.45) is 3.57. The minimum absolute atomic E-state index is 0.361. The highest BCUT2D eigenvalue weighted by Gasteiger charge is 2.06. The van der Waals surface area contributed by atoms with Crippen molar-refractivity contribution < 1.29 is 14.3 Å². The van der Waals surface area contributed by atoms with Gasteiger partial charge in [0, 0.05) is 5.56 Å². The Morgan fingerprint density at radius 3 is 2.93 bits per heavy atom. The van der Waals surface area contributed by atoms with Crippen LogP contribution in [0.5, 0.6) is 0 Å². The van der Waals surface area contributed by atoms with Crippen molar-refractivity contribution in [3.63, 3.8) is 0 Å². The summed E-state index contributed by atoms with van der Waals surface area (Å²) in [5, 5.41) is 0. The summed E-state index contributed by atoms with van der Waals surface area (Å²) in [6.45, 7) is 2.44. The van der Waals surface area contributed by atoms with E-state index >= 15 is 0 Å². The van der Waals surface area contributed by atoms with Gasteiger partial charge in [-0.05, 0) is 18.6 Å². The van der Waals surface area contributed by atoms with Crippen molar-refractivity contribution in [3.05, 3.63) is 35.4 Å². The Morgan fingerprint density at radius 1 is 1.47 bits per heavy atom. The molecule has 0 amide bonds. The first kappa shape index (κ1) is 11.4. The van der Waals surface area contributed by atoms with Gasteiger partial charge in [-0.15, -0.1) is 0 Å². The van der Waals surface area contributed by atoms with Crippen LogP contribution < -0.4 is 0 Å². The quantitative estimate of drug-likeness (QED) is 0.546. The van der Waals surface area contributed by atoms with E-state index in [1.165, 1.54) is 6.07 Å². The second-order valence-electron chi connectivity index (χ2n) is 3.17. The number of hydrogen-bond donors (Lipinski definition) is 0. The van der Waals surface area contributed by atoms with E-state index in [0.29, 0.717) is 17.7 Å². The van der Waals surface area contributed by atoms with Crippen LogP contribution in [-0.4, -0.2) is 18.9 Å². The van der Waals surface area contributed by atoms with Crippen molar-refractivity contribution >= 4 is 12.3 Å². The highest BCUT2D eigenvalue weighted by atomic mass is 16.5. The van der Waals surface area contributed by atoms with E-state index in [9.17, 15) is 9.59 Å². The highest BCUT2D eigenvalue weighted by molar-refractivity contribution is 5.91. The predicted octanol–water partition coefficient (Wildman–Crippen LogP) is 2.10. The third-order valence-electron chi connectivity index (χ3n) is 1.95. The van der Waals surface area contributed by atoms with E-state index < -0.39 is 0 Å². The number of carbonyl (C=O) groups excluding carboxylic acids is 2. The van der Waals surface area contributed by atoms with Crippen LogP contribution in [0, 0.1) is 0 Å². The summed E-state index contributed by atoms with van der Waals surface area (Å²) in [6, 6.07) is 6.32. The second kappa shape index (κ2) is 5.96. The molecule has 0 aliphatic rings. The molecule has 0 saturated heterocycles. The summed E-state index contributed by atoms with van der Waals surface area (Å²) in [5.74, 6) is -0.388. The topological polar surface area (TPSA) is 43.4 Å². The van der Waals surface area contributed by atoms with Crippen molar-refractivity contribution in [1.82, 2.24) is 0 Å². The maximum absolute atomic E-state index is 11.4. The van der Waals surface area contributed by atoms with Crippen LogP contribution in [0.25, 0.3) is 0 Å². The zero-order chi connectivity index (χ0) is 11.1. The van der Waals surface area contributed by atoms with E-state index in [1.54, 1.807) is 24.5 Å². The molecule has 0 aromatic heterocycles. The molecule has 0 atom stereocenters. The van der Waals surface area contributed by atoms with Gasteiger partial charge in [0.15, 0.2) is 0 Å². The average molecular weight is 205 g/mol. The van der Waals surface area contributed by atoms with Crippen LogP contribution in [-0.2, 0) is 9.53 Å². The minimum Gasteiger partial charge on any atom is -0.462 e. The van der Waals surface area contributed by atoms with Crippen molar-refractivity contribution in [2.24, 2.45) is 0 Å². The number of esters is 1. The molecular formula is C12H13O3. The SMILES string of the molecule is CCCCOC(=O)c1cccc([C]=O)c1. The van der Waals surface area contributed by atoms with Crippen molar-refractivity contribution in [3.8, 4) is 0 Å². The second-order valence-corrected chi connectivity index (χ2v) is 3.17. The lowest BCUT2D eigenvalue weighted by molar-refractivity contribution is 0.0499. The van der Waals surface area contributed by atoms with Crippen molar-refractivity contribution in [1.29, 1.82) is 0 Å². The molecule has 3 heteroatoms. The number of unbranched alkanes of at least 4 members (excludes halogenated alkanes) is 1. The van der Waals surface area contributed by atoms with Gasteiger partial charge in [-0.2, -0.15) is 0 Å². The molecule has 3 nitrogen and oxygen atoms in total. The molecule has 15 heavy (non-hydrogen) atoms. The molecule has 0 unspecified atom stereocenters. The first-order chi connectivity index (χ1) is 7.27. The van der Waals surface area contributed by atoms with E-state index in [4.69, 9.17) is 4.74 Å². The largest absolute Gasteiger partial charge is 0.462 e. The number of hydrogen-bond acceptors (Lipinski definition) is 3. The molecule has 1 aromatic carbocycles. The first-order valence-electron chi connectivity index (χ1n) is 4.93. The fourth-order valence-electron chi connectivity index (χ4n) is 1.10. The summed E-state index contributed by atoms with van der Waals surface area (Å²) >= 11 is 0. The van der Waals surface area contributed by atoms with Gasteiger partial charge in [0.1, 0.15) is 0 Å². The monoisotopic (exact) mass is 205 g/mol. The lowest BCUT2D eigenvalue weighted by Gasteiger charge is -2.03. The van der Waals surface area contributed by atoms with Crippen LogP contribution in [0.4, 0.5) is 0 Å². The Labute approximate surface area is 89.1 Å². The molecule has 0 aliphatic carbocycles. The molecule has 0 N–H and O–H groups in total. The summed E-state index contributed by atoms with van der Waals surface area (Å²) < 4.78 is 5.00. The highest BCUT2D eigenvalue weighted by Crippen LogP contribution is 2.05. The van der Waals surface area contributed by atoms with Crippen LogP contribution in [0.2, 0.25) is 0 Å². The predicted molar refractivity (Wildman–Crippen MR) is 56.4 cm³/mol. The Bertz CT molecular complexity index is 344. The molecule has 0 bridgehead atoms. The third-order valence-corrected chi connectivity index (χ3v) is 1.95. The molecule has 0 aliphatic heterocycles. The van der Waals surface area contributed by atoms with Gasteiger partial charge >= 0.3 is 5.97 Å². The Hall–Kier alpha value is -1.64. The van der Waals surface area contributed by atoms with Crippen molar-refractivity contribution in [2.45, 2.75) is 19.8 Å². The molecular weight excluding hydrogens is 192 g/mol. The fourth-order valence-corrected chi connectivity index (χ4v) is 1.10. The lowest BCUT2D eigenvalue weighted by Crippen LogP contribution is -2.06. The number of rotatable bonds is 5. The molecule has 1 rings (SSSR count). The zero-order valence-corrected chi connectivity index (χ0v) is 8.66. The van der Waals surface area contributed by atoms with Gasteiger partial charge in [-0.1, -0.05) is 25.5 Å². The Kier molecular flexibility index (Phi) is 4.54.